The van der Waals surface area contributed by atoms with Crippen molar-refractivity contribution in [2.24, 2.45) is 0 Å². The normalized spacial score (nSPS) is 10.2. The van der Waals surface area contributed by atoms with Crippen molar-refractivity contribution < 1.29 is 9.90 Å². The maximum Gasteiger partial charge on any atom is 0.303 e. The van der Waals surface area contributed by atoms with Gasteiger partial charge < -0.3 is 10.4 Å². The number of hydrogen-bond acceptors (Lipinski definition) is 4. The van der Waals surface area contributed by atoms with Gasteiger partial charge in [-0.15, -0.1) is 0 Å². The minimum absolute atomic E-state index is 0.227. The van der Waals surface area contributed by atoms with E-state index in [0.717, 1.165) is 36.7 Å². The fourth-order valence-corrected chi connectivity index (χ4v) is 1.52. The van der Waals surface area contributed by atoms with Gasteiger partial charge in [-0.3, -0.25) is 4.79 Å². The fourth-order valence-electron chi connectivity index (χ4n) is 1.52. The highest BCUT2D eigenvalue weighted by molar-refractivity contribution is 5.66. The number of carboxylic acid groups (broad SMARTS) is 1. The van der Waals surface area contributed by atoms with E-state index in [9.17, 15) is 4.79 Å². The van der Waals surface area contributed by atoms with Crippen LogP contribution in [0.1, 0.15) is 37.7 Å². The van der Waals surface area contributed by atoms with Gasteiger partial charge in [0.2, 0.25) is 0 Å². The smallest absolute Gasteiger partial charge is 0.303 e. The first-order valence-corrected chi connectivity index (χ1v) is 5.92. The summed E-state index contributed by atoms with van der Waals surface area (Å²) in [4.78, 5) is 18.9. The highest BCUT2D eigenvalue weighted by atomic mass is 16.4. The second kappa shape index (κ2) is 6.83. The number of anilines is 1. The average Bonchev–Trinajstić information content (AvgIpc) is 2.27. The minimum Gasteiger partial charge on any atom is -0.481 e. The van der Waals surface area contributed by atoms with Crippen molar-refractivity contribution in [1.82, 2.24) is 9.97 Å². The molecule has 5 nitrogen and oxygen atoms in total. The molecule has 0 spiro atoms. The van der Waals surface area contributed by atoms with Gasteiger partial charge in [-0.2, -0.15) is 0 Å². The minimum atomic E-state index is -0.740. The van der Waals surface area contributed by atoms with Crippen LogP contribution in [0, 0.1) is 6.92 Å². The van der Waals surface area contributed by atoms with Crippen molar-refractivity contribution in [3.63, 3.8) is 0 Å². The van der Waals surface area contributed by atoms with E-state index < -0.39 is 5.97 Å². The van der Waals surface area contributed by atoms with Crippen molar-refractivity contribution in [3.8, 4) is 0 Å². The maximum atomic E-state index is 10.3. The molecule has 0 aliphatic rings. The maximum absolute atomic E-state index is 10.3. The summed E-state index contributed by atoms with van der Waals surface area (Å²) in [7, 11) is 0. The van der Waals surface area contributed by atoms with Crippen LogP contribution in [0.25, 0.3) is 0 Å². The van der Waals surface area contributed by atoms with Crippen molar-refractivity contribution in [3.05, 3.63) is 17.6 Å². The summed E-state index contributed by atoms with van der Waals surface area (Å²) in [5, 5.41) is 11.7. The Labute approximate surface area is 101 Å². The highest BCUT2D eigenvalue weighted by Gasteiger charge is 2.00. The van der Waals surface area contributed by atoms with Gasteiger partial charge >= 0.3 is 5.97 Å². The second-order valence-corrected chi connectivity index (χ2v) is 3.92. The Kier molecular flexibility index (Phi) is 5.39. The number of hydrogen-bond donors (Lipinski definition) is 2. The van der Waals surface area contributed by atoms with E-state index in [0.29, 0.717) is 6.42 Å². The number of aryl methyl sites for hydroxylation is 2. The Morgan fingerprint density at radius 1 is 1.41 bits per heavy atom. The molecule has 0 radical (unpaired) electrons. The van der Waals surface area contributed by atoms with E-state index >= 15 is 0 Å². The third-order valence-electron chi connectivity index (χ3n) is 2.38. The first kappa shape index (κ1) is 13.4. The van der Waals surface area contributed by atoms with Crippen LogP contribution < -0.4 is 5.32 Å². The van der Waals surface area contributed by atoms with Crippen molar-refractivity contribution in [2.45, 2.75) is 39.5 Å². The lowest BCUT2D eigenvalue weighted by Gasteiger charge is -2.07. The SMILES string of the molecule is CCc1cc(NCCCCC(=O)O)nc(C)n1. The quantitative estimate of drug-likeness (QED) is 0.709. The zero-order chi connectivity index (χ0) is 12.7. The molecule has 0 amide bonds. The molecule has 0 atom stereocenters. The molecule has 0 fully saturated rings. The first-order valence-electron chi connectivity index (χ1n) is 5.92. The molecule has 0 saturated carbocycles. The van der Waals surface area contributed by atoms with Crippen LogP contribution in [0.2, 0.25) is 0 Å². The van der Waals surface area contributed by atoms with E-state index in [1.807, 2.05) is 13.0 Å². The Morgan fingerprint density at radius 3 is 2.82 bits per heavy atom. The standard InChI is InChI=1S/C12H19N3O2/c1-3-10-8-11(15-9(2)14-10)13-7-5-4-6-12(16)17/h8H,3-7H2,1-2H3,(H,16,17)(H,13,14,15). The molecule has 2 N–H and O–H groups in total. The largest absolute Gasteiger partial charge is 0.481 e. The Hall–Kier alpha value is -1.65. The lowest BCUT2D eigenvalue weighted by Crippen LogP contribution is -2.07. The molecule has 1 rings (SSSR count). The molecule has 94 valence electrons. The summed E-state index contributed by atoms with van der Waals surface area (Å²) in [6.07, 6.45) is 2.63. The van der Waals surface area contributed by atoms with Crippen LogP contribution in [0.4, 0.5) is 5.82 Å². The second-order valence-electron chi connectivity index (χ2n) is 3.92. The molecule has 1 aromatic heterocycles. The molecule has 0 aromatic carbocycles. The average molecular weight is 237 g/mol. The fraction of sp³-hybridized carbons (Fsp3) is 0.583. The molecular weight excluding hydrogens is 218 g/mol. The number of unbranched alkanes of at least 4 members (excludes halogenated alkanes) is 1. The van der Waals surface area contributed by atoms with E-state index in [-0.39, 0.29) is 6.42 Å². The molecule has 0 saturated heterocycles. The van der Waals surface area contributed by atoms with E-state index in [2.05, 4.69) is 22.2 Å². The van der Waals surface area contributed by atoms with Crippen molar-refractivity contribution in [2.75, 3.05) is 11.9 Å². The summed E-state index contributed by atoms with van der Waals surface area (Å²) in [6.45, 7) is 4.67. The zero-order valence-electron chi connectivity index (χ0n) is 10.4. The number of nitrogens with zero attached hydrogens (tertiary/aromatic N) is 2. The zero-order valence-corrected chi connectivity index (χ0v) is 10.4. The molecular formula is C12H19N3O2. The molecule has 5 heteroatoms. The summed E-state index contributed by atoms with van der Waals surface area (Å²) >= 11 is 0. The lowest BCUT2D eigenvalue weighted by molar-refractivity contribution is -0.137. The van der Waals surface area contributed by atoms with E-state index in [1.54, 1.807) is 0 Å². The van der Waals surface area contributed by atoms with Crippen LogP contribution in [0.3, 0.4) is 0 Å². The topological polar surface area (TPSA) is 75.1 Å². The van der Waals surface area contributed by atoms with Gasteiger partial charge in [-0.05, 0) is 26.2 Å². The van der Waals surface area contributed by atoms with Gasteiger partial charge in [-0.1, -0.05) is 6.92 Å². The van der Waals surface area contributed by atoms with E-state index in [4.69, 9.17) is 5.11 Å². The summed E-state index contributed by atoms with van der Waals surface area (Å²) in [5.74, 6) is 0.846. The Bertz CT molecular complexity index is 380. The molecule has 0 unspecified atom stereocenters. The van der Waals surface area contributed by atoms with Crippen LogP contribution in [-0.2, 0) is 11.2 Å². The molecule has 17 heavy (non-hydrogen) atoms. The van der Waals surface area contributed by atoms with Crippen LogP contribution in [0.5, 0.6) is 0 Å². The van der Waals surface area contributed by atoms with Gasteiger partial charge in [0.1, 0.15) is 11.6 Å². The van der Waals surface area contributed by atoms with Crippen LogP contribution >= 0.6 is 0 Å². The predicted octanol–water partition coefficient (Wildman–Crippen LogP) is 2.01. The summed E-state index contributed by atoms with van der Waals surface area (Å²) in [5.41, 5.74) is 1.02. The predicted molar refractivity (Wildman–Crippen MR) is 66.1 cm³/mol. The highest BCUT2D eigenvalue weighted by Crippen LogP contribution is 2.07. The first-order chi connectivity index (χ1) is 8.11. The van der Waals surface area contributed by atoms with Gasteiger partial charge in [0, 0.05) is 24.7 Å². The third kappa shape index (κ3) is 5.29. The third-order valence-corrected chi connectivity index (χ3v) is 2.38. The van der Waals surface area contributed by atoms with Crippen molar-refractivity contribution in [1.29, 1.82) is 0 Å². The van der Waals surface area contributed by atoms with Crippen LogP contribution in [-0.4, -0.2) is 27.6 Å². The molecule has 0 aliphatic heterocycles. The molecule has 1 aromatic rings. The molecule has 0 bridgehead atoms. The molecule has 0 aliphatic carbocycles. The lowest BCUT2D eigenvalue weighted by atomic mass is 10.2. The van der Waals surface area contributed by atoms with Crippen LogP contribution in [0.15, 0.2) is 6.07 Å². The van der Waals surface area contributed by atoms with Crippen molar-refractivity contribution >= 4 is 11.8 Å². The van der Waals surface area contributed by atoms with E-state index in [1.165, 1.54) is 0 Å². The monoisotopic (exact) mass is 237 g/mol. The van der Waals surface area contributed by atoms with Gasteiger partial charge in [0.15, 0.2) is 0 Å². The van der Waals surface area contributed by atoms with Gasteiger partial charge in [-0.25, -0.2) is 9.97 Å². The van der Waals surface area contributed by atoms with Gasteiger partial charge in [0.05, 0.1) is 0 Å². The number of aliphatic carboxylic acids is 1. The summed E-state index contributed by atoms with van der Waals surface area (Å²) < 4.78 is 0. The van der Waals surface area contributed by atoms with Gasteiger partial charge in [0.25, 0.3) is 0 Å². The molecule has 1 heterocycles. The summed E-state index contributed by atoms with van der Waals surface area (Å²) in [6, 6.07) is 1.93. The number of carbonyl (C=O) groups is 1. The number of rotatable bonds is 7. The number of nitrogens with one attached hydrogen (secondary N) is 1. The Morgan fingerprint density at radius 2 is 2.18 bits per heavy atom. The number of carboxylic acids is 1. The Balaban J connectivity index is 2.36. The number of aromatic nitrogens is 2.